The molecule has 9 heteroatoms. The van der Waals surface area contributed by atoms with E-state index in [1.54, 1.807) is 7.11 Å². The monoisotopic (exact) mass is 543 g/mol. The normalized spacial score (nSPS) is 12.7. The van der Waals surface area contributed by atoms with E-state index in [0.29, 0.717) is 13.2 Å². The van der Waals surface area contributed by atoms with Crippen molar-refractivity contribution in [2.75, 3.05) is 84.5 Å². The zero-order valence-corrected chi connectivity index (χ0v) is 26.0. The lowest BCUT2D eigenvalue weighted by Gasteiger charge is -2.29. The summed E-state index contributed by atoms with van der Waals surface area (Å²) in [5, 5.41) is 2.12. The Morgan fingerprint density at radius 2 is 0.886 bits per heavy atom. The first-order valence-corrected chi connectivity index (χ1v) is 18.2. The first-order valence-electron chi connectivity index (χ1n) is 14.2. The van der Waals surface area contributed by atoms with E-state index in [-0.39, 0.29) is 0 Å². The largest absolute Gasteiger partial charge is 0.385 e. The van der Waals surface area contributed by atoms with Crippen molar-refractivity contribution in [3.8, 4) is 0 Å². The lowest BCUT2D eigenvalue weighted by atomic mass is 10.5. The van der Waals surface area contributed by atoms with Crippen LogP contribution >= 0.6 is 15.4 Å². The highest BCUT2D eigenvalue weighted by atomic mass is 31.2. The van der Waals surface area contributed by atoms with Gasteiger partial charge in [-0.05, 0) is 44.9 Å². The molecule has 212 valence electrons. The fraction of sp³-hybridized carbons (Fsp3) is 1.00. The standard InChI is InChI=1S/C26H59NO6P2/c1-8-17-30-34(23-12-5,31-18-9-2)25-15-27(29-22-14-21-28-7)16-26-35(24-13-6,32-19-10-3)33-20-11-4/h8-26H2,1-7H3/q+2. The molecule has 0 saturated heterocycles. The number of hydroxylamine groups is 2. The zero-order chi connectivity index (χ0) is 26.3. The second-order valence-corrected chi connectivity index (χ2v) is 15.0. The Labute approximate surface area is 219 Å². The third-order valence-electron chi connectivity index (χ3n) is 5.40. The van der Waals surface area contributed by atoms with E-state index >= 15 is 0 Å². The van der Waals surface area contributed by atoms with Crippen LogP contribution in [0.15, 0.2) is 0 Å². The molecule has 0 saturated carbocycles. The van der Waals surface area contributed by atoms with Gasteiger partial charge in [0.15, 0.2) is 0 Å². The number of methoxy groups -OCH3 is 1. The van der Waals surface area contributed by atoms with Gasteiger partial charge in [-0.15, -0.1) is 0 Å². The Morgan fingerprint density at radius 3 is 1.20 bits per heavy atom. The summed E-state index contributed by atoms with van der Waals surface area (Å²) < 4.78 is 31.0. The number of rotatable bonds is 27. The van der Waals surface area contributed by atoms with Crippen LogP contribution in [0.25, 0.3) is 0 Å². The third-order valence-corrected chi connectivity index (χ3v) is 12.0. The highest BCUT2D eigenvalue weighted by molar-refractivity contribution is 7.66. The SMILES string of the molecule is CCCO[P+](CCC)(CCN(CC[P+](CCC)(OCCC)OCCC)OCCCOC)OCCC. The predicted octanol–water partition coefficient (Wildman–Crippen LogP) is 7.48. The maximum absolute atomic E-state index is 6.45. The van der Waals surface area contributed by atoms with Gasteiger partial charge in [-0.1, -0.05) is 41.5 Å². The second kappa shape index (κ2) is 23.7. The van der Waals surface area contributed by atoms with Crippen LogP contribution in [-0.4, -0.2) is 89.6 Å². The van der Waals surface area contributed by atoms with Gasteiger partial charge in [0.1, 0.15) is 24.6 Å². The van der Waals surface area contributed by atoms with Gasteiger partial charge >= 0.3 is 0 Å². The van der Waals surface area contributed by atoms with Crippen LogP contribution in [0.2, 0.25) is 0 Å². The third kappa shape index (κ3) is 16.9. The fourth-order valence-electron chi connectivity index (χ4n) is 3.69. The maximum Gasteiger partial charge on any atom is 0.276 e. The van der Waals surface area contributed by atoms with Gasteiger partial charge in [-0.3, -0.25) is 4.84 Å². The van der Waals surface area contributed by atoms with Crippen molar-refractivity contribution in [3.05, 3.63) is 0 Å². The Balaban J connectivity index is 5.48. The molecular weight excluding hydrogens is 484 g/mol. The lowest BCUT2D eigenvalue weighted by molar-refractivity contribution is -0.155. The minimum atomic E-state index is -1.94. The molecule has 0 atom stereocenters. The van der Waals surface area contributed by atoms with E-state index in [1.165, 1.54) is 0 Å². The van der Waals surface area contributed by atoms with Crippen LogP contribution in [0, 0.1) is 0 Å². The van der Waals surface area contributed by atoms with Crippen molar-refractivity contribution in [2.45, 2.75) is 86.5 Å². The van der Waals surface area contributed by atoms with E-state index in [2.05, 4.69) is 46.6 Å². The first kappa shape index (κ1) is 35.6. The molecule has 0 heterocycles. The summed E-state index contributed by atoms with van der Waals surface area (Å²) in [5.41, 5.74) is 0. The van der Waals surface area contributed by atoms with Crippen LogP contribution < -0.4 is 0 Å². The maximum atomic E-state index is 6.45. The van der Waals surface area contributed by atoms with Crippen LogP contribution in [0.5, 0.6) is 0 Å². The molecule has 0 N–H and O–H groups in total. The summed E-state index contributed by atoms with van der Waals surface area (Å²) >= 11 is 0. The second-order valence-electron chi connectivity index (χ2n) is 8.96. The van der Waals surface area contributed by atoms with Crippen molar-refractivity contribution >= 4 is 15.4 Å². The summed E-state index contributed by atoms with van der Waals surface area (Å²) in [6.45, 7) is 19.0. The first-order chi connectivity index (χ1) is 17.0. The summed E-state index contributed by atoms with van der Waals surface area (Å²) in [4.78, 5) is 6.28. The van der Waals surface area contributed by atoms with Gasteiger partial charge in [0, 0.05) is 13.7 Å². The van der Waals surface area contributed by atoms with Crippen molar-refractivity contribution in [2.24, 2.45) is 0 Å². The van der Waals surface area contributed by atoms with E-state index < -0.39 is 15.4 Å². The highest BCUT2D eigenvalue weighted by Gasteiger charge is 2.44. The van der Waals surface area contributed by atoms with Gasteiger partial charge < -0.3 is 4.74 Å². The Hall–Kier alpha value is 0.580. The van der Waals surface area contributed by atoms with Gasteiger partial charge in [0.2, 0.25) is 0 Å². The van der Waals surface area contributed by atoms with E-state index in [9.17, 15) is 0 Å². The van der Waals surface area contributed by atoms with Crippen molar-refractivity contribution < 1.29 is 27.7 Å². The molecule has 0 rings (SSSR count). The van der Waals surface area contributed by atoms with Crippen LogP contribution in [0.4, 0.5) is 0 Å². The molecule has 0 bridgehead atoms. The molecule has 0 aromatic carbocycles. The van der Waals surface area contributed by atoms with Crippen molar-refractivity contribution in [1.82, 2.24) is 5.06 Å². The van der Waals surface area contributed by atoms with Crippen LogP contribution in [0.1, 0.15) is 86.5 Å². The molecule has 0 aliphatic carbocycles. The highest BCUT2D eigenvalue weighted by Crippen LogP contribution is 2.62. The Kier molecular flexibility index (Phi) is 24.1. The Bertz CT molecular complexity index is 412. The molecule has 7 nitrogen and oxygen atoms in total. The topological polar surface area (TPSA) is 58.6 Å². The summed E-state index contributed by atoms with van der Waals surface area (Å²) in [5.74, 6) is 0. The van der Waals surface area contributed by atoms with Gasteiger partial charge in [0.05, 0.1) is 46.1 Å². The minimum Gasteiger partial charge on any atom is -0.385 e. The van der Waals surface area contributed by atoms with E-state index in [1.807, 2.05) is 0 Å². The molecule has 0 amide bonds. The quantitative estimate of drug-likeness (QED) is 0.0605. The minimum absolute atomic E-state index is 0.642. The summed E-state index contributed by atoms with van der Waals surface area (Å²) in [6.07, 6.45) is 10.8. The molecule has 0 aromatic rings. The molecule has 35 heavy (non-hydrogen) atoms. The molecule has 0 aliphatic rings. The number of ether oxygens (including phenoxy) is 1. The average molecular weight is 544 g/mol. The number of nitrogens with zero attached hydrogens (tertiary/aromatic N) is 1. The molecule has 0 radical (unpaired) electrons. The van der Waals surface area contributed by atoms with E-state index in [0.717, 1.165) is 109 Å². The van der Waals surface area contributed by atoms with Crippen LogP contribution in [-0.2, 0) is 27.7 Å². The number of hydrogen-bond acceptors (Lipinski definition) is 7. The van der Waals surface area contributed by atoms with Crippen molar-refractivity contribution in [1.29, 1.82) is 0 Å². The van der Waals surface area contributed by atoms with Gasteiger partial charge in [0.25, 0.3) is 15.4 Å². The molecule has 0 fully saturated rings. The smallest absolute Gasteiger partial charge is 0.276 e. The van der Waals surface area contributed by atoms with Crippen LogP contribution in [0.3, 0.4) is 0 Å². The molecule has 0 aromatic heterocycles. The molecular formula is C26H59NO6P2+2. The predicted molar refractivity (Wildman–Crippen MR) is 153 cm³/mol. The Morgan fingerprint density at radius 1 is 0.486 bits per heavy atom. The lowest BCUT2D eigenvalue weighted by Crippen LogP contribution is -2.33. The molecule has 0 unspecified atom stereocenters. The average Bonchev–Trinajstić information content (AvgIpc) is 2.87. The van der Waals surface area contributed by atoms with Gasteiger partial charge in [-0.2, -0.15) is 5.06 Å². The van der Waals surface area contributed by atoms with Crippen molar-refractivity contribution in [3.63, 3.8) is 0 Å². The fourth-order valence-corrected chi connectivity index (χ4v) is 9.80. The zero-order valence-electron chi connectivity index (χ0n) is 24.2. The summed E-state index contributed by atoms with van der Waals surface area (Å²) in [6, 6.07) is 0. The number of hydrogen-bond donors (Lipinski definition) is 0. The van der Waals surface area contributed by atoms with Gasteiger partial charge in [-0.25, -0.2) is 18.1 Å². The molecule has 0 aliphatic heterocycles. The summed E-state index contributed by atoms with van der Waals surface area (Å²) in [7, 11) is -2.15. The molecule has 0 spiro atoms. The van der Waals surface area contributed by atoms with E-state index in [4.69, 9.17) is 27.7 Å².